The molecule has 3 rings (SSSR count). The summed E-state index contributed by atoms with van der Waals surface area (Å²) in [5, 5.41) is 11.1. The monoisotopic (exact) mass is 379 g/mol. The fourth-order valence-electron chi connectivity index (χ4n) is 2.77. The molecule has 5 nitrogen and oxygen atoms in total. The maximum absolute atomic E-state index is 12.5. The van der Waals surface area contributed by atoms with Crippen LogP contribution in [0.3, 0.4) is 0 Å². The van der Waals surface area contributed by atoms with E-state index in [1.807, 2.05) is 11.4 Å². The van der Waals surface area contributed by atoms with Crippen LogP contribution in [0.2, 0.25) is 0 Å². The number of hydrogen-bond donors (Lipinski definition) is 3. The summed E-state index contributed by atoms with van der Waals surface area (Å²) in [5.74, 6) is 0.187. The zero-order valence-corrected chi connectivity index (χ0v) is 15.6. The molecular formula is C18H22ClN3O2S. The molecule has 1 aromatic carbocycles. The van der Waals surface area contributed by atoms with Crippen LogP contribution in [0, 0.1) is 5.92 Å². The zero-order chi connectivity index (χ0) is 16.9. The van der Waals surface area contributed by atoms with Gasteiger partial charge in [0.15, 0.2) is 0 Å². The molecule has 1 aliphatic rings. The maximum atomic E-state index is 12.5. The first-order valence-corrected chi connectivity index (χ1v) is 8.98. The maximum Gasteiger partial charge on any atom is 0.265 e. The lowest BCUT2D eigenvalue weighted by molar-refractivity contribution is 0.0914. The molecule has 0 radical (unpaired) electrons. The van der Waals surface area contributed by atoms with Crippen LogP contribution in [-0.4, -0.2) is 30.9 Å². The highest BCUT2D eigenvalue weighted by Crippen LogP contribution is 2.16. The average Bonchev–Trinajstić information content (AvgIpc) is 3.12. The van der Waals surface area contributed by atoms with Crippen molar-refractivity contribution in [2.45, 2.75) is 19.4 Å². The molecule has 2 heterocycles. The Labute approximate surface area is 157 Å². The number of halogens is 1. The van der Waals surface area contributed by atoms with Crippen LogP contribution in [0.4, 0.5) is 5.69 Å². The zero-order valence-electron chi connectivity index (χ0n) is 14.0. The van der Waals surface area contributed by atoms with E-state index < -0.39 is 0 Å². The number of amides is 2. The highest BCUT2D eigenvalue weighted by Gasteiger charge is 2.23. The lowest BCUT2D eigenvalue weighted by atomic mass is 9.94. The third kappa shape index (κ3) is 5.04. The second-order valence-electron chi connectivity index (χ2n) is 6.06. The van der Waals surface area contributed by atoms with Gasteiger partial charge in [0, 0.05) is 23.8 Å². The van der Waals surface area contributed by atoms with Crippen LogP contribution in [0.25, 0.3) is 0 Å². The first kappa shape index (κ1) is 19.4. The Morgan fingerprint density at radius 3 is 2.76 bits per heavy atom. The lowest BCUT2D eigenvalue weighted by Crippen LogP contribution is -2.50. The minimum Gasteiger partial charge on any atom is -0.348 e. The number of benzene rings is 1. The Kier molecular flexibility index (Phi) is 6.99. The summed E-state index contributed by atoms with van der Waals surface area (Å²) in [7, 11) is 0. The Bertz CT molecular complexity index is 721. The molecule has 2 unspecified atom stereocenters. The summed E-state index contributed by atoms with van der Waals surface area (Å²) in [4.78, 5) is 25.2. The number of thiophene rings is 1. The number of rotatable bonds is 4. The number of piperidine rings is 1. The molecule has 2 aromatic rings. The van der Waals surface area contributed by atoms with Crippen molar-refractivity contribution in [3.05, 3.63) is 52.2 Å². The molecule has 3 N–H and O–H groups in total. The molecule has 0 spiro atoms. The van der Waals surface area contributed by atoms with E-state index in [1.54, 1.807) is 30.3 Å². The Balaban J connectivity index is 0.00000225. The molecule has 0 aliphatic carbocycles. The third-order valence-corrected chi connectivity index (χ3v) is 5.14. The van der Waals surface area contributed by atoms with Gasteiger partial charge in [-0.2, -0.15) is 0 Å². The van der Waals surface area contributed by atoms with Crippen molar-refractivity contribution < 1.29 is 9.59 Å². The van der Waals surface area contributed by atoms with E-state index in [9.17, 15) is 9.59 Å². The number of carbonyl (C=O) groups excluding carboxylic acids is 2. The molecule has 1 saturated heterocycles. The number of hydrogen-bond acceptors (Lipinski definition) is 4. The van der Waals surface area contributed by atoms with Crippen molar-refractivity contribution in [2.75, 3.05) is 18.4 Å². The van der Waals surface area contributed by atoms with Gasteiger partial charge in [-0.3, -0.25) is 9.59 Å². The van der Waals surface area contributed by atoms with Gasteiger partial charge in [0.05, 0.1) is 4.88 Å². The van der Waals surface area contributed by atoms with Gasteiger partial charge in [0.25, 0.3) is 11.8 Å². The topological polar surface area (TPSA) is 70.2 Å². The Morgan fingerprint density at radius 1 is 1.20 bits per heavy atom. The quantitative estimate of drug-likeness (QED) is 0.764. The molecule has 2 amide bonds. The van der Waals surface area contributed by atoms with Gasteiger partial charge in [0.2, 0.25) is 0 Å². The Hall–Kier alpha value is -1.89. The fourth-order valence-corrected chi connectivity index (χ4v) is 3.39. The summed E-state index contributed by atoms with van der Waals surface area (Å²) in [6, 6.07) is 10.8. The predicted molar refractivity (Wildman–Crippen MR) is 104 cm³/mol. The van der Waals surface area contributed by atoms with Crippen molar-refractivity contribution in [2.24, 2.45) is 5.92 Å². The van der Waals surface area contributed by atoms with E-state index >= 15 is 0 Å². The molecule has 1 aliphatic heterocycles. The van der Waals surface area contributed by atoms with E-state index in [2.05, 4.69) is 22.9 Å². The molecule has 7 heteroatoms. The number of carbonyl (C=O) groups is 2. The van der Waals surface area contributed by atoms with Crippen LogP contribution >= 0.6 is 23.7 Å². The molecular weight excluding hydrogens is 358 g/mol. The highest BCUT2D eigenvalue weighted by molar-refractivity contribution is 7.12. The van der Waals surface area contributed by atoms with Crippen LogP contribution < -0.4 is 16.0 Å². The average molecular weight is 380 g/mol. The standard InChI is InChI=1S/C18H21N3O2S.ClH/c1-12-7-8-19-11-15(12)21-17(22)13-4-2-5-14(10-13)20-18(23)16-6-3-9-24-16;/h2-6,9-10,12,15,19H,7-8,11H2,1H3,(H,20,23)(H,21,22);1H. The molecule has 25 heavy (non-hydrogen) atoms. The number of nitrogens with one attached hydrogen (secondary N) is 3. The van der Waals surface area contributed by atoms with E-state index in [0.717, 1.165) is 19.5 Å². The highest BCUT2D eigenvalue weighted by atomic mass is 35.5. The first-order valence-electron chi connectivity index (χ1n) is 8.10. The second-order valence-corrected chi connectivity index (χ2v) is 7.01. The summed E-state index contributed by atoms with van der Waals surface area (Å²) < 4.78 is 0. The van der Waals surface area contributed by atoms with Crippen LogP contribution in [0.15, 0.2) is 41.8 Å². The van der Waals surface area contributed by atoms with Gasteiger partial charge in [-0.05, 0) is 48.5 Å². The lowest BCUT2D eigenvalue weighted by Gasteiger charge is -2.30. The van der Waals surface area contributed by atoms with Crippen LogP contribution in [0.1, 0.15) is 33.4 Å². The van der Waals surface area contributed by atoms with Gasteiger partial charge in [-0.25, -0.2) is 0 Å². The first-order chi connectivity index (χ1) is 11.6. The molecule has 1 aromatic heterocycles. The minimum absolute atomic E-state index is 0. The largest absolute Gasteiger partial charge is 0.348 e. The number of anilines is 1. The van der Waals surface area contributed by atoms with Crippen molar-refractivity contribution >= 4 is 41.2 Å². The third-order valence-electron chi connectivity index (χ3n) is 4.27. The second kappa shape index (κ2) is 8.99. The molecule has 134 valence electrons. The SMILES string of the molecule is CC1CCNCC1NC(=O)c1cccc(NC(=O)c2cccs2)c1.Cl. The Morgan fingerprint density at radius 2 is 2.04 bits per heavy atom. The van der Waals surface area contributed by atoms with Crippen molar-refractivity contribution in [3.63, 3.8) is 0 Å². The van der Waals surface area contributed by atoms with Crippen LogP contribution in [0.5, 0.6) is 0 Å². The molecule has 2 atom stereocenters. The predicted octanol–water partition coefficient (Wildman–Crippen LogP) is 3.15. The van der Waals surface area contributed by atoms with Gasteiger partial charge >= 0.3 is 0 Å². The summed E-state index contributed by atoms with van der Waals surface area (Å²) in [6.07, 6.45) is 1.06. The molecule has 1 fully saturated rings. The smallest absolute Gasteiger partial charge is 0.265 e. The summed E-state index contributed by atoms with van der Waals surface area (Å²) in [6.45, 7) is 3.95. The van der Waals surface area contributed by atoms with E-state index in [1.165, 1.54) is 11.3 Å². The van der Waals surface area contributed by atoms with Gasteiger partial charge < -0.3 is 16.0 Å². The van der Waals surface area contributed by atoms with E-state index in [0.29, 0.717) is 22.0 Å². The fraction of sp³-hybridized carbons (Fsp3) is 0.333. The summed E-state index contributed by atoms with van der Waals surface area (Å²) >= 11 is 1.39. The summed E-state index contributed by atoms with van der Waals surface area (Å²) in [5.41, 5.74) is 1.17. The van der Waals surface area contributed by atoms with Crippen molar-refractivity contribution in [1.29, 1.82) is 0 Å². The van der Waals surface area contributed by atoms with Gasteiger partial charge in [0.1, 0.15) is 0 Å². The molecule has 0 saturated carbocycles. The molecule has 0 bridgehead atoms. The van der Waals surface area contributed by atoms with Gasteiger partial charge in [-0.1, -0.05) is 19.1 Å². The van der Waals surface area contributed by atoms with Gasteiger partial charge in [-0.15, -0.1) is 23.7 Å². The van der Waals surface area contributed by atoms with E-state index in [4.69, 9.17) is 0 Å². The van der Waals surface area contributed by atoms with E-state index in [-0.39, 0.29) is 30.3 Å². The normalized spacial score (nSPS) is 19.6. The van der Waals surface area contributed by atoms with Crippen LogP contribution in [-0.2, 0) is 0 Å². The minimum atomic E-state index is -0.160. The van der Waals surface area contributed by atoms with Crippen molar-refractivity contribution in [1.82, 2.24) is 10.6 Å². The van der Waals surface area contributed by atoms with Crippen molar-refractivity contribution in [3.8, 4) is 0 Å².